The number of nitrogens with zero attached hydrogens (tertiary/aromatic N) is 2. The first kappa shape index (κ1) is 31.2. The third-order valence-electron chi connectivity index (χ3n) is 7.36. The van der Waals surface area contributed by atoms with Crippen LogP contribution in [0.15, 0.2) is 36.4 Å². The number of carbonyl (C=O) groups is 2. The topological polar surface area (TPSA) is 86.8 Å². The molecule has 1 aliphatic carbocycles. The number of sulfonamides is 1. The van der Waals surface area contributed by atoms with Crippen molar-refractivity contribution in [3.05, 3.63) is 63.1 Å². The number of rotatable bonds is 12. The molecule has 1 fully saturated rings. The number of hydrogen-bond donors (Lipinski definition) is 1. The third kappa shape index (κ3) is 8.60. The first-order chi connectivity index (χ1) is 18.4. The maximum atomic E-state index is 13.6. The Morgan fingerprint density at radius 3 is 2.31 bits per heavy atom. The largest absolute Gasteiger partial charge is 0.352 e. The first-order valence-electron chi connectivity index (χ1n) is 13.5. The molecule has 2 aromatic rings. The van der Waals surface area contributed by atoms with Gasteiger partial charge in [0.1, 0.15) is 6.04 Å². The van der Waals surface area contributed by atoms with Gasteiger partial charge in [-0.1, -0.05) is 55.1 Å². The SMILES string of the molecule is CC[C@H](C(=O)NC1CCCC1)N(Cc1ccc(Cl)c(Cl)c1)C(=O)CCCN(c1ccc(C)c(C)c1)S(C)(=O)=O. The average molecular weight is 597 g/mol. The molecule has 0 aromatic heterocycles. The lowest BCUT2D eigenvalue weighted by molar-refractivity contribution is -0.141. The summed E-state index contributed by atoms with van der Waals surface area (Å²) in [7, 11) is -3.55. The molecule has 10 heteroatoms. The maximum absolute atomic E-state index is 13.6. The Hall–Kier alpha value is -2.29. The highest BCUT2D eigenvalue weighted by Crippen LogP contribution is 2.26. The molecule has 3 rings (SSSR count). The number of amides is 2. The highest BCUT2D eigenvalue weighted by atomic mass is 35.5. The van der Waals surface area contributed by atoms with E-state index in [0.717, 1.165) is 42.4 Å². The molecule has 2 amide bonds. The number of anilines is 1. The number of hydrogen-bond acceptors (Lipinski definition) is 4. The van der Waals surface area contributed by atoms with Crippen molar-refractivity contribution < 1.29 is 18.0 Å². The molecular weight excluding hydrogens is 557 g/mol. The normalized spacial score (nSPS) is 14.7. The summed E-state index contributed by atoms with van der Waals surface area (Å²) < 4.78 is 26.5. The van der Waals surface area contributed by atoms with Gasteiger partial charge in [-0.15, -0.1) is 0 Å². The van der Waals surface area contributed by atoms with E-state index in [9.17, 15) is 18.0 Å². The second-order valence-electron chi connectivity index (χ2n) is 10.4. The van der Waals surface area contributed by atoms with Gasteiger partial charge in [0.25, 0.3) is 0 Å². The van der Waals surface area contributed by atoms with Crippen LogP contribution in [0.2, 0.25) is 10.0 Å². The second-order valence-corrected chi connectivity index (χ2v) is 13.1. The van der Waals surface area contributed by atoms with Crippen LogP contribution >= 0.6 is 23.2 Å². The van der Waals surface area contributed by atoms with Crippen LogP contribution in [0, 0.1) is 13.8 Å². The summed E-state index contributed by atoms with van der Waals surface area (Å²) in [6.45, 7) is 6.14. The van der Waals surface area contributed by atoms with E-state index >= 15 is 0 Å². The lowest BCUT2D eigenvalue weighted by atomic mass is 10.1. The van der Waals surface area contributed by atoms with Gasteiger partial charge in [-0.05, 0) is 80.5 Å². The van der Waals surface area contributed by atoms with Crippen LogP contribution < -0.4 is 9.62 Å². The zero-order valence-corrected chi connectivity index (χ0v) is 25.5. The summed E-state index contributed by atoms with van der Waals surface area (Å²) in [6, 6.07) is 10.2. The summed E-state index contributed by atoms with van der Waals surface area (Å²) in [5.74, 6) is -0.381. The molecule has 0 bridgehead atoms. The van der Waals surface area contributed by atoms with E-state index in [-0.39, 0.29) is 37.4 Å². The van der Waals surface area contributed by atoms with Gasteiger partial charge in [-0.3, -0.25) is 13.9 Å². The Balaban J connectivity index is 1.78. The van der Waals surface area contributed by atoms with E-state index < -0.39 is 16.1 Å². The summed E-state index contributed by atoms with van der Waals surface area (Å²) in [6.07, 6.45) is 6.08. The standard InChI is InChI=1S/C29H39Cl2N3O4S/c1-5-27(29(36)32-23-9-6-7-10-23)33(19-22-13-15-25(30)26(31)18-22)28(35)11-8-16-34(39(4,37)38)24-14-12-20(2)21(3)17-24/h12-15,17-18,23,27H,5-11,16,19H2,1-4H3,(H,32,36)/t27-/m1/s1. The van der Waals surface area contributed by atoms with Crippen molar-refractivity contribution in [2.24, 2.45) is 0 Å². The molecule has 1 saturated carbocycles. The van der Waals surface area contributed by atoms with E-state index in [1.807, 2.05) is 32.9 Å². The Morgan fingerprint density at radius 1 is 1.03 bits per heavy atom. The molecule has 1 atom stereocenters. The van der Waals surface area contributed by atoms with Crippen LogP contribution in [0.5, 0.6) is 0 Å². The minimum atomic E-state index is -3.55. The average Bonchev–Trinajstić information content (AvgIpc) is 3.38. The molecule has 214 valence electrons. The fraction of sp³-hybridized carbons (Fsp3) is 0.517. The quantitative estimate of drug-likeness (QED) is 0.325. The van der Waals surface area contributed by atoms with E-state index in [1.54, 1.807) is 29.2 Å². The number of benzene rings is 2. The van der Waals surface area contributed by atoms with Gasteiger partial charge in [0.2, 0.25) is 21.8 Å². The first-order valence-corrected chi connectivity index (χ1v) is 16.1. The van der Waals surface area contributed by atoms with Crippen LogP contribution in [0.1, 0.15) is 68.6 Å². The molecule has 39 heavy (non-hydrogen) atoms. The molecule has 1 aliphatic rings. The van der Waals surface area contributed by atoms with Crippen LogP contribution in [0.4, 0.5) is 5.69 Å². The van der Waals surface area contributed by atoms with Crippen LogP contribution in [-0.4, -0.2) is 50.0 Å². The number of aryl methyl sites for hydroxylation is 2. The van der Waals surface area contributed by atoms with Gasteiger partial charge < -0.3 is 10.2 Å². The Morgan fingerprint density at radius 2 is 1.72 bits per heavy atom. The Bertz CT molecular complexity index is 1280. The highest BCUT2D eigenvalue weighted by molar-refractivity contribution is 7.92. The van der Waals surface area contributed by atoms with Crippen molar-refractivity contribution in [2.45, 2.75) is 84.3 Å². The summed E-state index contributed by atoms with van der Waals surface area (Å²) in [5.41, 5.74) is 3.40. The third-order valence-corrected chi connectivity index (χ3v) is 9.29. The molecular formula is C29H39Cl2N3O4S. The highest BCUT2D eigenvalue weighted by Gasteiger charge is 2.31. The fourth-order valence-corrected chi connectivity index (χ4v) is 6.28. The van der Waals surface area contributed by atoms with Crippen molar-refractivity contribution in [2.75, 3.05) is 17.1 Å². The molecule has 0 aliphatic heterocycles. The molecule has 0 radical (unpaired) electrons. The molecule has 0 spiro atoms. The van der Waals surface area contributed by atoms with E-state index in [1.165, 1.54) is 10.6 Å². The summed E-state index contributed by atoms with van der Waals surface area (Å²) in [4.78, 5) is 28.5. The summed E-state index contributed by atoms with van der Waals surface area (Å²) in [5, 5.41) is 3.92. The number of halogens is 2. The fourth-order valence-electron chi connectivity index (χ4n) is 5.01. The monoisotopic (exact) mass is 595 g/mol. The van der Waals surface area contributed by atoms with E-state index in [4.69, 9.17) is 23.2 Å². The van der Waals surface area contributed by atoms with Gasteiger partial charge in [0.05, 0.1) is 22.0 Å². The van der Waals surface area contributed by atoms with Crippen molar-refractivity contribution in [3.63, 3.8) is 0 Å². The lowest BCUT2D eigenvalue weighted by Gasteiger charge is -2.32. The van der Waals surface area contributed by atoms with Crippen molar-refractivity contribution in [1.82, 2.24) is 10.2 Å². The zero-order valence-electron chi connectivity index (χ0n) is 23.2. The Labute approximate surface area is 242 Å². The van der Waals surface area contributed by atoms with Gasteiger partial charge in [-0.25, -0.2) is 8.42 Å². The van der Waals surface area contributed by atoms with E-state index in [2.05, 4.69) is 5.32 Å². The molecule has 1 N–H and O–H groups in total. The molecule has 0 unspecified atom stereocenters. The molecule has 7 nitrogen and oxygen atoms in total. The van der Waals surface area contributed by atoms with Gasteiger partial charge in [0, 0.05) is 25.6 Å². The van der Waals surface area contributed by atoms with Gasteiger partial charge >= 0.3 is 0 Å². The predicted octanol–water partition coefficient (Wildman–Crippen LogP) is 6.02. The number of nitrogens with one attached hydrogen (secondary N) is 1. The predicted molar refractivity (Wildman–Crippen MR) is 159 cm³/mol. The molecule has 2 aromatic carbocycles. The minimum absolute atomic E-state index is 0.0887. The molecule has 0 heterocycles. The van der Waals surface area contributed by atoms with E-state index in [0.29, 0.717) is 28.6 Å². The van der Waals surface area contributed by atoms with Crippen molar-refractivity contribution >= 4 is 50.7 Å². The van der Waals surface area contributed by atoms with Gasteiger partial charge in [-0.2, -0.15) is 0 Å². The zero-order chi connectivity index (χ0) is 28.7. The molecule has 0 saturated heterocycles. The van der Waals surface area contributed by atoms with Crippen LogP contribution in [-0.2, 0) is 26.2 Å². The van der Waals surface area contributed by atoms with Crippen LogP contribution in [0.3, 0.4) is 0 Å². The Kier molecular flexibility index (Phi) is 11.1. The number of carbonyl (C=O) groups excluding carboxylic acids is 2. The summed E-state index contributed by atoms with van der Waals surface area (Å²) >= 11 is 12.3. The van der Waals surface area contributed by atoms with Crippen molar-refractivity contribution in [1.29, 1.82) is 0 Å². The van der Waals surface area contributed by atoms with Crippen LogP contribution in [0.25, 0.3) is 0 Å². The van der Waals surface area contributed by atoms with Gasteiger partial charge in [0.15, 0.2) is 0 Å². The lowest BCUT2D eigenvalue weighted by Crippen LogP contribution is -2.51. The minimum Gasteiger partial charge on any atom is -0.352 e. The second kappa shape index (κ2) is 13.9. The smallest absolute Gasteiger partial charge is 0.243 e. The van der Waals surface area contributed by atoms with Crippen molar-refractivity contribution in [3.8, 4) is 0 Å². The maximum Gasteiger partial charge on any atom is 0.243 e.